The highest BCUT2D eigenvalue weighted by Gasteiger charge is 2.16. The maximum Gasteiger partial charge on any atom is 0.284 e. The molecule has 0 aromatic heterocycles. The van der Waals surface area contributed by atoms with Crippen molar-refractivity contribution in [1.29, 1.82) is 0 Å². The molecule has 4 heteroatoms. The molecule has 0 fully saturated rings. The standard InChI is InChI=1S/C9H6ClNOS/c10-7-3-1-6(2-4-7)8-5-11-9(13)12-8/h1-5,8H. The second kappa shape index (κ2) is 3.44. The first-order valence-electron chi connectivity index (χ1n) is 3.76. The number of halogens is 1. The fourth-order valence-corrected chi connectivity index (χ4v) is 1.40. The normalized spacial score (nSPS) is 20.4. The molecule has 1 heterocycles. The maximum atomic E-state index is 5.75. The molecule has 13 heavy (non-hydrogen) atoms. The second-order valence-corrected chi connectivity index (χ2v) is 3.42. The zero-order chi connectivity index (χ0) is 9.26. The average molecular weight is 212 g/mol. The van der Waals surface area contributed by atoms with E-state index in [1.165, 1.54) is 0 Å². The molecule has 1 aliphatic heterocycles. The Balaban J connectivity index is 2.22. The van der Waals surface area contributed by atoms with Crippen LogP contribution in [-0.2, 0) is 4.74 Å². The van der Waals surface area contributed by atoms with E-state index in [2.05, 4.69) is 4.99 Å². The van der Waals surface area contributed by atoms with E-state index in [0.29, 0.717) is 10.2 Å². The van der Waals surface area contributed by atoms with E-state index >= 15 is 0 Å². The van der Waals surface area contributed by atoms with E-state index in [0.717, 1.165) is 5.56 Å². The molecule has 0 saturated heterocycles. The summed E-state index contributed by atoms with van der Waals surface area (Å²) in [7, 11) is 0. The molecule has 2 rings (SSSR count). The number of thiocarbonyl (C=S) groups is 1. The third kappa shape index (κ3) is 1.87. The summed E-state index contributed by atoms with van der Waals surface area (Å²) in [5.41, 5.74) is 1.01. The largest absolute Gasteiger partial charge is 0.455 e. The van der Waals surface area contributed by atoms with Crippen molar-refractivity contribution in [2.45, 2.75) is 6.10 Å². The van der Waals surface area contributed by atoms with Crippen LogP contribution in [0.1, 0.15) is 11.7 Å². The Morgan fingerprint density at radius 3 is 2.54 bits per heavy atom. The van der Waals surface area contributed by atoms with Crippen LogP contribution in [0.5, 0.6) is 0 Å². The minimum Gasteiger partial charge on any atom is -0.455 e. The summed E-state index contributed by atoms with van der Waals surface area (Å²) >= 11 is 10.5. The van der Waals surface area contributed by atoms with Crippen LogP contribution in [0.15, 0.2) is 29.3 Å². The lowest BCUT2D eigenvalue weighted by Gasteiger charge is -2.07. The van der Waals surface area contributed by atoms with E-state index in [4.69, 9.17) is 28.6 Å². The minimum atomic E-state index is -0.148. The van der Waals surface area contributed by atoms with Gasteiger partial charge in [0.2, 0.25) is 0 Å². The SMILES string of the molecule is S=C1N=CC(c2ccc(Cl)cc2)O1. The highest BCUT2D eigenvalue weighted by atomic mass is 35.5. The van der Waals surface area contributed by atoms with Crippen LogP contribution in [-0.4, -0.2) is 11.4 Å². The lowest BCUT2D eigenvalue weighted by molar-refractivity contribution is 0.282. The monoisotopic (exact) mass is 211 g/mol. The van der Waals surface area contributed by atoms with Crippen LogP contribution < -0.4 is 0 Å². The molecule has 66 valence electrons. The molecule has 0 amide bonds. The zero-order valence-corrected chi connectivity index (χ0v) is 8.18. The van der Waals surface area contributed by atoms with Gasteiger partial charge in [0.05, 0.1) is 6.21 Å². The molecule has 1 atom stereocenters. The van der Waals surface area contributed by atoms with E-state index in [1.54, 1.807) is 6.21 Å². The summed E-state index contributed by atoms with van der Waals surface area (Å²) in [4.78, 5) is 3.87. The lowest BCUT2D eigenvalue weighted by atomic mass is 10.1. The molecule has 0 radical (unpaired) electrons. The Hall–Kier alpha value is -0.930. The van der Waals surface area contributed by atoms with Crippen LogP contribution in [0.4, 0.5) is 0 Å². The van der Waals surface area contributed by atoms with E-state index in [1.807, 2.05) is 24.3 Å². The summed E-state index contributed by atoms with van der Waals surface area (Å²) in [6, 6.07) is 7.42. The Morgan fingerprint density at radius 2 is 2.00 bits per heavy atom. The first-order valence-corrected chi connectivity index (χ1v) is 4.54. The van der Waals surface area contributed by atoms with Crippen molar-refractivity contribution in [1.82, 2.24) is 0 Å². The van der Waals surface area contributed by atoms with Gasteiger partial charge in [-0.25, -0.2) is 4.99 Å². The van der Waals surface area contributed by atoms with Crippen molar-refractivity contribution in [2.75, 3.05) is 0 Å². The van der Waals surface area contributed by atoms with Gasteiger partial charge in [-0.05, 0) is 29.9 Å². The van der Waals surface area contributed by atoms with Crippen molar-refractivity contribution in [3.8, 4) is 0 Å². The fourth-order valence-electron chi connectivity index (χ4n) is 1.10. The number of rotatable bonds is 1. The topological polar surface area (TPSA) is 21.6 Å². The minimum absolute atomic E-state index is 0.148. The van der Waals surface area contributed by atoms with Crippen LogP contribution in [0, 0.1) is 0 Å². The Kier molecular flexibility index (Phi) is 2.29. The van der Waals surface area contributed by atoms with E-state index in [-0.39, 0.29) is 6.10 Å². The summed E-state index contributed by atoms with van der Waals surface area (Å²) in [6.07, 6.45) is 1.54. The van der Waals surface area contributed by atoms with Crippen LogP contribution in [0.25, 0.3) is 0 Å². The maximum absolute atomic E-state index is 5.75. The van der Waals surface area contributed by atoms with Crippen molar-refractivity contribution >= 4 is 35.2 Å². The van der Waals surface area contributed by atoms with Gasteiger partial charge in [-0.2, -0.15) is 0 Å². The first kappa shape index (κ1) is 8.66. The molecule has 0 spiro atoms. The van der Waals surface area contributed by atoms with E-state index < -0.39 is 0 Å². The highest BCUT2D eigenvalue weighted by Crippen LogP contribution is 2.21. The van der Waals surface area contributed by atoms with Gasteiger partial charge in [0.15, 0.2) is 6.10 Å². The van der Waals surface area contributed by atoms with Gasteiger partial charge in [0.1, 0.15) is 0 Å². The number of hydrogen-bond acceptors (Lipinski definition) is 2. The molecule has 0 aliphatic carbocycles. The molecular formula is C9H6ClNOS. The van der Waals surface area contributed by atoms with E-state index in [9.17, 15) is 0 Å². The van der Waals surface area contributed by atoms with Gasteiger partial charge in [-0.3, -0.25) is 0 Å². The number of benzene rings is 1. The molecule has 1 aliphatic rings. The number of ether oxygens (including phenoxy) is 1. The van der Waals surface area contributed by atoms with Gasteiger partial charge >= 0.3 is 0 Å². The molecular weight excluding hydrogens is 206 g/mol. The highest BCUT2D eigenvalue weighted by molar-refractivity contribution is 7.80. The molecule has 0 N–H and O–H groups in total. The van der Waals surface area contributed by atoms with Gasteiger partial charge in [-0.15, -0.1) is 0 Å². The number of aliphatic imine (C=N–C) groups is 1. The molecule has 0 bridgehead atoms. The van der Waals surface area contributed by atoms with Gasteiger partial charge < -0.3 is 4.74 Å². The lowest BCUT2D eigenvalue weighted by Crippen LogP contribution is -2.00. The second-order valence-electron chi connectivity index (χ2n) is 2.63. The van der Waals surface area contributed by atoms with Gasteiger partial charge in [0.25, 0.3) is 5.17 Å². The molecule has 1 aromatic rings. The molecule has 0 saturated carbocycles. The smallest absolute Gasteiger partial charge is 0.284 e. The average Bonchev–Trinajstić information content (AvgIpc) is 2.53. The summed E-state index contributed by atoms with van der Waals surface area (Å²) in [6.45, 7) is 0. The van der Waals surface area contributed by atoms with Crippen molar-refractivity contribution < 1.29 is 4.74 Å². The molecule has 2 nitrogen and oxygen atoms in total. The third-order valence-electron chi connectivity index (χ3n) is 1.74. The Labute approximate surface area is 86.2 Å². The Morgan fingerprint density at radius 1 is 1.31 bits per heavy atom. The van der Waals surface area contributed by atoms with Crippen molar-refractivity contribution in [2.24, 2.45) is 4.99 Å². The quantitative estimate of drug-likeness (QED) is 0.667. The first-order chi connectivity index (χ1) is 6.25. The summed E-state index contributed by atoms with van der Waals surface area (Å²) in [5, 5.41) is 1.00. The zero-order valence-electron chi connectivity index (χ0n) is 6.61. The number of hydrogen-bond donors (Lipinski definition) is 0. The van der Waals surface area contributed by atoms with Crippen molar-refractivity contribution in [3.05, 3.63) is 34.9 Å². The van der Waals surface area contributed by atoms with Crippen LogP contribution in [0.3, 0.4) is 0 Å². The molecule has 1 unspecified atom stereocenters. The third-order valence-corrected chi connectivity index (χ3v) is 2.20. The van der Waals surface area contributed by atoms with Crippen molar-refractivity contribution in [3.63, 3.8) is 0 Å². The van der Waals surface area contributed by atoms with Crippen LogP contribution in [0.2, 0.25) is 5.02 Å². The number of nitrogens with zero attached hydrogens (tertiary/aromatic N) is 1. The van der Waals surface area contributed by atoms with Crippen LogP contribution >= 0.6 is 23.8 Å². The van der Waals surface area contributed by atoms with Gasteiger partial charge in [0, 0.05) is 5.02 Å². The molecule has 1 aromatic carbocycles. The predicted octanol–water partition coefficient (Wildman–Crippen LogP) is 2.77. The predicted molar refractivity (Wildman–Crippen MR) is 56.4 cm³/mol. The summed E-state index contributed by atoms with van der Waals surface area (Å²) in [5.74, 6) is 0. The summed E-state index contributed by atoms with van der Waals surface area (Å²) < 4.78 is 5.25. The van der Waals surface area contributed by atoms with Gasteiger partial charge in [-0.1, -0.05) is 23.7 Å². The fraction of sp³-hybridized carbons (Fsp3) is 0.111. The Bertz CT molecular complexity index is 360.